The average Bonchev–Trinajstić information content (AvgIpc) is 2.79. The van der Waals surface area contributed by atoms with Crippen LogP contribution in [0, 0.1) is 0 Å². The van der Waals surface area contributed by atoms with Crippen LogP contribution in [0.5, 0.6) is 0 Å². The van der Waals surface area contributed by atoms with E-state index in [2.05, 4.69) is 4.99 Å². The largest absolute Gasteiger partial charge is 0.307 e. The number of rotatable bonds is 3. The van der Waals surface area contributed by atoms with Crippen molar-refractivity contribution in [1.29, 1.82) is 0 Å². The van der Waals surface area contributed by atoms with Crippen molar-refractivity contribution in [3.63, 3.8) is 0 Å². The first-order chi connectivity index (χ1) is 10.9. The van der Waals surface area contributed by atoms with Crippen LogP contribution in [-0.4, -0.2) is 26.6 Å². The van der Waals surface area contributed by atoms with E-state index in [0.717, 1.165) is 11.3 Å². The van der Waals surface area contributed by atoms with E-state index >= 15 is 0 Å². The van der Waals surface area contributed by atoms with Crippen LogP contribution in [0.2, 0.25) is 0 Å². The molecule has 2 aromatic carbocycles. The van der Waals surface area contributed by atoms with E-state index in [1.165, 1.54) is 24.3 Å². The fraction of sp³-hybridized carbons (Fsp3) is 0.125. The zero-order valence-corrected chi connectivity index (χ0v) is 13.2. The summed E-state index contributed by atoms with van der Waals surface area (Å²) in [5.74, 6) is -0.163. The minimum atomic E-state index is -3.74. The van der Waals surface area contributed by atoms with Crippen molar-refractivity contribution in [2.24, 2.45) is 10.1 Å². The standard InChI is InChI=1S/C16H15N3O3S/c1-2-19-14-6-4-3-5-13(14)15(16(19)20)18-11-7-9-12(10-8-11)23(17,21)22/h3-10H,2H2,1H3,(H2,17,21,22). The van der Waals surface area contributed by atoms with Gasteiger partial charge in [-0.25, -0.2) is 18.5 Å². The number of carbonyl (C=O) groups is 1. The number of nitrogens with two attached hydrogens (primary N) is 1. The molecule has 0 radical (unpaired) electrons. The number of sulfonamides is 1. The Kier molecular flexibility index (Phi) is 3.75. The Hall–Kier alpha value is -2.51. The number of para-hydroxylation sites is 1. The van der Waals surface area contributed by atoms with Crippen molar-refractivity contribution in [2.45, 2.75) is 11.8 Å². The summed E-state index contributed by atoms with van der Waals surface area (Å²) in [7, 11) is -3.74. The lowest BCUT2D eigenvalue weighted by atomic mass is 10.1. The van der Waals surface area contributed by atoms with Crippen molar-refractivity contribution in [1.82, 2.24) is 0 Å². The number of anilines is 1. The molecular weight excluding hydrogens is 314 g/mol. The Morgan fingerprint density at radius 3 is 2.35 bits per heavy atom. The summed E-state index contributed by atoms with van der Waals surface area (Å²) in [5, 5.41) is 5.07. The topological polar surface area (TPSA) is 92.8 Å². The maximum absolute atomic E-state index is 12.5. The Balaban J connectivity index is 2.04. The van der Waals surface area contributed by atoms with Gasteiger partial charge in [-0.1, -0.05) is 18.2 Å². The normalized spacial score (nSPS) is 16.0. The Morgan fingerprint density at radius 1 is 1.09 bits per heavy atom. The van der Waals surface area contributed by atoms with Gasteiger partial charge in [0.05, 0.1) is 16.3 Å². The molecule has 0 aromatic heterocycles. The highest BCUT2D eigenvalue weighted by molar-refractivity contribution is 7.89. The molecule has 0 aliphatic carbocycles. The van der Waals surface area contributed by atoms with Crippen molar-refractivity contribution in [3.8, 4) is 0 Å². The number of carbonyl (C=O) groups excluding carboxylic acids is 1. The predicted octanol–water partition coefficient (Wildman–Crippen LogP) is 1.82. The van der Waals surface area contributed by atoms with Crippen molar-refractivity contribution < 1.29 is 13.2 Å². The Bertz CT molecular complexity index is 902. The molecule has 1 aliphatic heterocycles. The number of likely N-dealkylation sites (N-methyl/N-ethyl adjacent to an activating group) is 1. The van der Waals surface area contributed by atoms with Gasteiger partial charge in [-0.05, 0) is 37.3 Å². The molecule has 2 N–H and O–H groups in total. The second kappa shape index (κ2) is 5.60. The molecule has 1 amide bonds. The number of fused-ring (bicyclic) bond motifs is 1. The van der Waals surface area contributed by atoms with Crippen LogP contribution in [0.1, 0.15) is 12.5 Å². The van der Waals surface area contributed by atoms with Gasteiger partial charge < -0.3 is 4.90 Å². The van der Waals surface area contributed by atoms with Gasteiger partial charge >= 0.3 is 0 Å². The molecule has 6 nitrogen and oxygen atoms in total. The second-order valence-corrected chi connectivity index (χ2v) is 6.63. The number of benzene rings is 2. The minimum absolute atomic E-state index is 0.00906. The van der Waals surface area contributed by atoms with Gasteiger partial charge in [-0.2, -0.15) is 0 Å². The third-order valence-electron chi connectivity index (χ3n) is 3.62. The highest BCUT2D eigenvalue weighted by Crippen LogP contribution is 2.30. The Morgan fingerprint density at radius 2 is 1.74 bits per heavy atom. The highest BCUT2D eigenvalue weighted by Gasteiger charge is 2.32. The molecule has 118 valence electrons. The lowest BCUT2D eigenvalue weighted by Crippen LogP contribution is -2.29. The number of primary sulfonamides is 1. The molecule has 0 unspecified atom stereocenters. The zero-order chi connectivity index (χ0) is 16.6. The number of nitrogens with zero attached hydrogens (tertiary/aromatic N) is 2. The van der Waals surface area contributed by atoms with Crippen molar-refractivity contribution in [3.05, 3.63) is 54.1 Å². The van der Waals surface area contributed by atoms with Crippen LogP contribution in [0.15, 0.2) is 58.4 Å². The van der Waals surface area contributed by atoms with E-state index in [0.29, 0.717) is 17.9 Å². The Labute approximate surface area is 134 Å². The lowest BCUT2D eigenvalue weighted by molar-refractivity contribution is -0.112. The summed E-state index contributed by atoms with van der Waals surface area (Å²) in [6.07, 6.45) is 0. The smallest absolute Gasteiger partial charge is 0.277 e. The van der Waals surface area contributed by atoms with Crippen LogP contribution >= 0.6 is 0 Å². The van der Waals surface area contributed by atoms with Crippen molar-refractivity contribution in [2.75, 3.05) is 11.4 Å². The van der Waals surface area contributed by atoms with E-state index in [1.54, 1.807) is 4.90 Å². The first kappa shape index (κ1) is 15.4. The van der Waals surface area contributed by atoms with Gasteiger partial charge in [-0.3, -0.25) is 4.79 Å². The quantitative estimate of drug-likeness (QED) is 0.931. The first-order valence-corrected chi connectivity index (χ1v) is 8.59. The maximum atomic E-state index is 12.5. The number of hydrogen-bond acceptors (Lipinski definition) is 4. The molecule has 0 saturated carbocycles. The first-order valence-electron chi connectivity index (χ1n) is 7.04. The monoisotopic (exact) mass is 329 g/mol. The molecule has 0 atom stereocenters. The molecule has 0 spiro atoms. The van der Waals surface area contributed by atoms with Gasteiger partial charge in [0.25, 0.3) is 5.91 Å². The molecular formula is C16H15N3O3S. The summed E-state index contributed by atoms with van der Waals surface area (Å²) < 4.78 is 22.5. The lowest BCUT2D eigenvalue weighted by Gasteiger charge is -2.12. The van der Waals surface area contributed by atoms with Crippen LogP contribution in [-0.2, 0) is 14.8 Å². The number of hydrogen-bond donors (Lipinski definition) is 1. The summed E-state index contributed by atoms with van der Waals surface area (Å²) in [6, 6.07) is 13.2. The molecule has 0 bridgehead atoms. The summed E-state index contributed by atoms with van der Waals surface area (Å²) in [5.41, 5.74) is 2.45. The number of amides is 1. The van der Waals surface area contributed by atoms with Gasteiger partial charge in [0, 0.05) is 12.1 Å². The van der Waals surface area contributed by atoms with E-state index in [4.69, 9.17) is 5.14 Å². The third-order valence-corrected chi connectivity index (χ3v) is 4.55. The van der Waals surface area contributed by atoms with Crippen LogP contribution in [0.3, 0.4) is 0 Å². The molecule has 7 heteroatoms. The van der Waals surface area contributed by atoms with E-state index in [1.807, 2.05) is 31.2 Å². The molecule has 1 heterocycles. The van der Waals surface area contributed by atoms with Crippen molar-refractivity contribution >= 4 is 33.0 Å². The minimum Gasteiger partial charge on any atom is -0.307 e. The maximum Gasteiger partial charge on any atom is 0.277 e. The SMILES string of the molecule is CCN1C(=O)C(=Nc2ccc(S(N)(=O)=O)cc2)c2ccccc21. The van der Waals surface area contributed by atoms with Gasteiger partial charge in [-0.15, -0.1) is 0 Å². The summed E-state index contributed by atoms with van der Waals surface area (Å²) in [6.45, 7) is 2.46. The molecule has 0 saturated heterocycles. The average molecular weight is 329 g/mol. The molecule has 3 rings (SSSR count). The van der Waals surface area contributed by atoms with E-state index in [-0.39, 0.29) is 10.8 Å². The van der Waals surface area contributed by atoms with Crippen LogP contribution in [0.4, 0.5) is 11.4 Å². The zero-order valence-electron chi connectivity index (χ0n) is 12.4. The van der Waals surface area contributed by atoms with Gasteiger partial charge in [0.1, 0.15) is 5.71 Å². The third kappa shape index (κ3) is 2.76. The van der Waals surface area contributed by atoms with E-state index in [9.17, 15) is 13.2 Å². The van der Waals surface area contributed by atoms with E-state index < -0.39 is 10.0 Å². The second-order valence-electron chi connectivity index (χ2n) is 5.07. The molecule has 1 aliphatic rings. The van der Waals surface area contributed by atoms with Crippen LogP contribution < -0.4 is 10.0 Å². The fourth-order valence-corrected chi connectivity index (χ4v) is 3.04. The highest BCUT2D eigenvalue weighted by atomic mass is 32.2. The molecule has 2 aromatic rings. The molecule has 0 fully saturated rings. The number of aliphatic imine (C=N–C) groups is 1. The van der Waals surface area contributed by atoms with Crippen LogP contribution in [0.25, 0.3) is 0 Å². The molecule has 23 heavy (non-hydrogen) atoms. The van der Waals surface area contributed by atoms with Gasteiger partial charge in [0.2, 0.25) is 10.0 Å². The van der Waals surface area contributed by atoms with Gasteiger partial charge in [0.15, 0.2) is 0 Å². The summed E-state index contributed by atoms with van der Waals surface area (Å²) >= 11 is 0. The predicted molar refractivity (Wildman–Crippen MR) is 88.5 cm³/mol. The fourth-order valence-electron chi connectivity index (χ4n) is 2.52. The summed E-state index contributed by atoms with van der Waals surface area (Å²) in [4.78, 5) is 18.6.